The van der Waals surface area contributed by atoms with Crippen LogP contribution in [-0.2, 0) is 0 Å². The van der Waals surface area contributed by atoms with Crippen LogP contribution >= 0.6 is 11.3 Å². The minimum atomic E-state index is 0.228. The first kappa shape index (κ1) is 15.5. The molecule has 2 aromatic heterocycles. The molecule has 0 aliphatic heterocycles. The van der Waals surface area contributed by atoms with Crippen LogP contribution in [0.25, 0.3) is 11.3 Å². The van der Waals surface area contributed by atoms with Crippen LogP contribution in [-0.4, -0.2) is 21.9 Å². The highest BCUT2D eigenvalue weighted by Gasteiger charge is 2.07. The number of H-pyrrole nitrogens is 1. The third-order valence-corrected chi connectivity index (χ3v) is 4.17. The molecule has 0 radical (unpaired) electrons. The standard InChI is InChI=1S/C18H20N4S/c1-13(2)21-18-22(20-11-16-5-4-10-19-16)17(12-23-18)15-8-6-14(3)7-9-15/h4-13,19H,1-3H3. The first-order valence-corrected chi connectivity index (χ1v) is 8.50. The number of aromatic amines is 1. The normalized spacial score (nSPS) is 12.6. The Morgan fingerprint density at radius 2 is 1.96 bits per heavy atom. The van der Waals surface area contributed by atoms with E-state index in [9.17, 15) is 0 Å². The van der Waals surface area contributed by atoms with Gasteiger partial charge in [-0.2, -0.15) is 5.10 Å². The number of thiazole rings is 1. The van der Waals surface area contributed by atoms with E-state index in [0.717, 1.165) is 21.8 Å². The van der Waals surface area contributed by atoms with Gasteiger partial charge in [0, 0.05) is 23.2 Å². The summed E-state index contributed by atoms with van der Waals surface area (Å²) in [5.41, 5.74) is 4.41. The second-order valence-corrected chi connectivity index (χ2v) is 6.51. The van der Waals surface area contributed by atoms with Crippen molar-refractivity contribution in [3.8, 4) is 11.3 Å². The third kappa shape index (κ3) is 3.68. The quantitative estimate of drug-likeness (QED) is 0.704. The minimum absolute atomic E-state index is 0.228. The maximum absolute atomic E-state index is 4.68. The van der Waals surface area contributed by atoms with Crippen LogP contribution in [0.2, 0.25) is 0 Å². The van der Waals surface area contributed by atoms with E-state index in [0.29, 0.717) is 0 Å². The summed E-state index contributed by atoms with van der Waals surface area (Å²) in [7, 11) is 0. The molecule has 23 heavy (non-hydrogen) atoms. The lowest BCUT2D eigenvalue weighted by Gasteiger charge is -2.04. The van der Waals surface area contributed by atoms with Gasteiger partial charge in [-0.25, -0.2) is 4.68 Å². The molecule has 0 atom stereocenters. The molecule has 3 aromatic rings. The van der Waals surface area contributed by atoms with Gasteiger partial charge in [-0.15, -0.1) is 11.3 Å². The van der Waals surface area contributed by atoms with Crippen molar-refractivity contribution in [1.82, 2.24) is 9.66 Å². The molecule has 1 aromatic carbocycles. The van der Waals surface area contributed by atoms with Gasteiger partial charge in [0.05, 0.1) is 17.6 Å². The van der Waals surface area contributed by atoms with Crippen molar-refractivity contribution in [3.63, 3.8) is 0 Å². The fourth-order valence-electron chi connectivity index (χ4n) is 2.19. The Balaban J connectivity index is 2.09. The summed E-state index contributed by atoms with van der Waals surface area (Å²) in [4.78, 5) is 8.72. The zero-order valence-electron chi connectivity index (χ0n) is 13.5. The second kappa shape index (κ2) is 6.79. The Kier molecular flexibility index (Phi) is 4.57. The van der Waals surface area contributed by atoms with Crippen LogP contribution in [0.15, 0.2) is 58.1 Å². The molecule has 0 spiro atoms. The molecule has 0 saturated heterocycles. The summed E-state index contributed by atoms with van der Waals surface area (Å²) in [5, 5.41) is 6.75. The lowest BCUT2D eigenvalue weighted by atomic mass is 10.1. The van der Waals surface area contributed by atoms with Gasteiger partial charge in [-0.3, -0.25) is 4.99 Å². The second-order valence-electron chi connectivity index (χ2n) is 5.67. The van der Waals surface area contributed by atoms with Crippen LogP contribution in [0.4, 0.5) is 0 Å². The average Bonchev–Trinajstić information content (AvgIpc) is 3.15. The number of nitrogens with one attached hydrogen (secondary N) is 1. The number of hydrogen-bond acceptors (Lipinski definition) is 3. The number of nitrogens with zero attached hydrogens (tertiary/aromatic N) is 3. The van der Waals surface area contributed by atoms with Crippen molar-refractivity contribution < 1.29 is 0 Å². The molecule has 0 bridgehead atoms. The SMILES string of the molecule is Cc1ccc(-c2csc(=NC(C)C)n2N=Cc2ccc[nH]2)cc1. The van der Waals surface area contributed by atoms with Crippen molar-refractivity contribution in [2.45, 2.75) is 26.8 Å². The Morgan fingerprint density at radius 3 is 2.61 bits per heavy atom. The summed E-state index contributed by atoms with van der Waals surface area (Å²) in [5.74, 6) is 0. The Morgan fingerprint density at radius 1 is 1.17 bits per heavy atom. The van der Waals surface area contributed by atoms with E-state index in [1.54, 1.807) is 11.3 Å². The number of aromatic nitrogens is 2. The average molecular weight is 324 g/mol. The lowest BCUT2D eigenvalue weighted by molar-refractivity contribution is 0.754. The third-order valence-electron chi connectivity index (χ3n) is 3.34. The van der Waals surface area contributed by atoms with Gasteiger partial charge >= 0.3 is 0 Å². The van der Waals surface area contributed by atoms with Crippen molar-refractivity contribution in [2.24, 2.45) is 10.1 Å². The summed E-state index contributed by atoms with van der Waals surface area (Å²) in [6, 6.07) is 12.7. The van der Waals surface area contributed by atoms with Crippen molar-refractivity contribution in [3.05, 3.63) is 64.0 Å². The highest BCUT2D eigenvalue weighted by atomic mass is 32.1. The first-order chi connectivity index (χ1) is 11.1. The molecule has 1 N–H and O–H groups in total. The smallest absolute Gasteiger partial charge is 0.206 e. The predicted octanol–water partition coefficient (Wildman–Crippen LogP) is 4.04. The number of rotatable bonds is 4. The van der Waals surface area contributed by atoms with Gasteiger partial charge in [-0.05, 0) is 32.9 Å². The zero-order valence-corrected chi connectivity index (χ0v) is 14.3. The topological polar surface area (TPSA) is 45.4 Å². The molecule has 0 saturated carbocycles. The van der Waals surface area contributed by atoms with Crippen LogP contribution < -0.4 is 4.80 Å². The van der Waals surface area contributed by atoms with Gasteiger partial charge < -0.3 is 4.98 Å². The predicted molar refractivity (Wildman–Crippen MR) is 97.0 cm³/mol. The molecule has 3 rings (SSSR count). The van der Waals surface area contributed by atoms with E-state index in [1.165, 1.54) is 5.56 Å². The summed E-state index contributed by atoms with van der Waals surface area (Å²) in [6.45, 7) is 6.24. The van der Waals surface area contributed by atoms with Crippen LogP contribution in [0.3, 0.4) is 0 Å². The Hall–Kier alpha value is -2.40. The molecule has 0 fully saturated rings. The zero-order chi connectivity index (χ0) is 16.2. The molecule has 118 valence electrons. The van der Waals surface area contributed by atoms with Crippen LogP contribution in [0.1, 0.15) is 25.1 Å². The first-order valence-electron chi connectivity index (χ1n) is 7.62. The monoisotopic (exact) mass is 324 g/mol. The van der Waals surface area contributed by atoms with Crippen molar-refractivity contribution in [1.29, 1.82) is 0 Å². The fourth-order valence-corrected chi connectivity index (χ4v) is 3.16. The van der Waals surface area contributed by atoms with Crippen LogP contribution in [0.5, 0.6) is 0 Å². The molecule has 4 nitrogen and oxygen atoms in total. The maximum Gasteiger partial charge on any atom is 0.206 e. The van der Waals surface area contributed by atoms with E-state index >= 15 is 0 Å². The number of benzene rings is 1. The van der Waals surface area contributed by atoms with Crippen molar-refractivity contribution in [2.75, 3.05) is 0 Å². The van der Waals surface area contributed by atoms with Gasteiger partial charge in [-0.1, -0.05) is 29.8 Å². The van der Waals surface area contributed by atoms with Crippen LogP contribution in [0, 0.1) is 6.92 Å². The fraction of sp³-hybridized carbons (Fsp3) is 0.222. The highest BCUT2D eigenvalue weighted by molar-refractivity contribution is 7.07. The van der Waals surface area contributed by atoms with E-state index < -0.39 is 0 Å². The van der Waals surface area contributed by atoms with Crippen molar-refractivity contribution >= 4 is 17.6 Å². The van der Waals surface area contributed by atoms with E-state index in [2.05, 4.69) is 65.5 Å². The molecular formula is C18H20N4S. The van der Waals surface area contributed by atoms with E-state index in [4.69, 9.17) is 0 Å². The van der Waals surface area contributed by atoms with Gasteiger partial charge in [0.25, 0.3) is 0 Å². The maximum atomic E-state index is 4.68. The van der Waals surface area contributed by atoms with E-state index in [1.807, 2.05) is 29.2 Å². The Bertz CT molecular complexity index is 849. The number of aryl methyl sites for hydroxylation is 1. The number of hydrogen-bond donors (Lipinski definition) is 1. The molecule has 0 unspecified atom stereocenters. The summed E-state index contributed by atoms with van der Waals surface area (Å²) >= 11 is 1.61. The highest BCUT2D eigenvalue weighted by Crippen LogP contribution is 2.20. The van der Waals surface area contributed by atoms with Gasteiger partial charge in [0.1, 0.15) is 0 Å². The molecule has 0 aliphatic carbocycles. The van der Waals surface area contributed by atoms with E-state index in [-0.39, 0.29) is 6.04 Å². The van der Waals surface area contributed by atoms with Gasteiger partial charge in [0.15, 0.2) is 0 Å². The lowest BCUT2D eigenvalue weighted by Crippen LogP contribution is -2.14. The molecular weight excluding hydrogens is 304 g/mol. The molecule has 2 heterocycles. The van der Waals surface area contributed by atoms with Gasteiger partial charge in [0.2, 0.25) is 4.80 Å². The largest absolute Gasteiger partial charge is 0.360 e. The summed E-state index contributed by atoms with van der Waals surface area (Å²) < 4.78 is 1.91. The Labute approximate surface area is 139 Å². The minimum Gasteiger partial charge on any atom is -0.360 e. The molecule has 5 heteroatoms. The molecule has 0 amide bonds. The summed E-state index contributed by atoms with van der Waals surface area (Å²) in [6.07, 6.45) is 3.71. The molecule has 0 aliphatic rings.